The summed E-state index contributed by atoms with van der Waals surface area (Å²) in [5.74, 6) is -0.819. The van der Waals surface area contributed by atoms with Crippen molar-refractivity contribution in [3.63, 3.8) is 0 Å². The number of carbonyl (C=O) groups excluding carboxylic acids is 1. The van der Waals surface area contributed by atoms with Gasteiger partial charge in [-0.15, -0.1) is 11.3 Å². The Hall–Kier alpha value is -3.36. The molecule has 1 N–H and O–H groups in total. The van der Waals surface area contributed by atoms with Crippen molar-refractivity contribution < 1.29 is 19.4 Å². The monoisotopic (exact) mass is 450 g/mol. The fourth-order valence-electron chi connectivity index (χ4n) is 3.43. The number of hydrogen-bond acceptors (Lipinski definition) is 7. The second-order valence-electron chi connectivity index (χ2n) is 6.90. The normalized spacial score (nSPS) is 11.9. The molecule has 2 heterocycles. The maximum atomic E-state index is 13.6. The number of methoxy groups -OCH3 is 1. The van der Waals surface area contributed by atoms with E-state index in [1.54, 1.807) is 43.5 Å². The van der Waals surface area contributed by atoms with Gasteiger partial charge >= 0.3 is 5.97 Å². The number of fused-ring (bicyclic) bond motifs is 1. The lowest BCUT2D eigenvalue weighted by atomic mass is 9.90. The number of hydrogen-bond donors (Lipinski definition) is 1. The summed E-state index contributed by atoms with van der Waals surface area (Å²) in [6.07, 6.45) is 0.219. The van der Waals surface area contributed by atoms with Gasteiger partial charge < -0.3 is 9.84 Å². The van der Waals surface area contributed by atoms with Crippen LogP contribution in [0, 0.1) is 6.92 Å². The van der Waals surface area contributed by atoms with E-state index < -0.39 is 5.97 Å². The van der Waals surface area contributed by atoms with Crippen LogP contribution in [-0.4, -0.2) is 32.7 Å². The summed E-state index contributed by atoms with van der Waals surface area (Å²) in [5.41, 5.74) is 3.14. The molecule has 0 atom stereocenters. The third-order valence-electron chi connectivity index (χ3n) is 4.92. The highest BCUT2D eigenvalue weighted by Gasteiger charge is 2.25. The summed E-state index contributed by atoms with van der Waals surface area (Å²) in [7, 11) is 1.57. The third kappa shape index (κ3) is 4.26. The first kappa shape index (κ1) is 20.9. The largest absolute Gasteiger partial charge is 0.496 e. The smallest absolute Gasteiger partial charge is 0.336 e. The number of Topliss-reactive ketones (excluding diaryl/α,β-unsaturated/α-hetero) is 1. The predicted molar refractivity (Wildman–Crippen MR) is 122 cm³/mol. The Morgan fingerprint density at radius 3 is 2.48 bits per heavy atom. The van der Waals surface area contributed by atoms with Gasteiger partial charge in [0.05, 0.1) is 24.4 Å². The molecule has 4 aromatic rings. The van der Waals surface area contributed by atoms with E-state index in [0.29, 0.717) is 27.9 Å². The molecule has 2 aromatic carbocycles. The highest BCUT2D eigenvalue weighted by molar-refractivity contribution is 7.09. The molecule has 0 spiro atoms. The van der Waals surface area contributed by atoms with Crippen LogP contribution in [0.5, 0.6) is 5.75 Å². The average Bonchev–Trinajstić information content (AvgIpc) is 3.44. The van der Waals surface area contributed by atoms with E-state index in [2.05, 4.69) is 8.75 Å². The Morgan fingerprint density at radius 1 is 1.03 bits per heavy atom. The Kier molecular flexibility index (Phi) is 5.92. The molecule has 0 saturated heterocycles. The quantitative estimate of drug-likeness (QED) is 0.314. The molecule has 31 heavy (non-hydrogen) atoms. The number of ether oxygens (including phenoxy) is 1. The van der Waals surface area contributed by atoms with Crippen molar-refractivity contribution in [2.45, 2.75) is 13.3 Å². The van der Waals surface area contributed by atoms with Crippen LogP contribution in [0.25, 0.3) is 16.6 Å². The van der Waals surface area contributed by atoms with Crippen molar-refractivity contribution in [2.75, 3.05) is 7.11 Å². The molecule has 2 aromatic heterocycles. The molecule has 4 rings (SSSR count). The van der Waals surface area contributed by atoms with Gasteiger partial charge in [-0.3, -0.25) is 4.79 Å². The molecule has 156 valence electrons. The average molecular weight is 451 g/mol. The number of carbonyl (C=O) groups is 2. The number of allylic oxidation sites excluding steroid dienone is 1. The van der Waals surface area contributed by atoms with Crippen molar-refractivity contribution in [3.05, 3.63) is 81.1 Å². The number of nitrogens with zero attached hydrogens (tertiary/aromatic N) is 2. The van der Waals surface area contributed by atoms with Gasteiger partial charge in [0.25, 0.3) is 0 Å². The van der Waals surface area contributed by atoms with Crippen molar-refractivity contribution in [2.24, 2.45) is 0 Å². The Labute approximate surface area is 186 Å². The van der Waals surface area contributed by atoms with Crippen LogP contribution in [0.15, 0.2) is 59.5 Å². The van der Waals surface area contributed by atoms with Gasteiger partial charge in [-0.05, 0) is 59.8 Å². The lowest BCUT2D eigenvalue weighted by Crippen LogP contribution is -2.14. The zero-order chi connectivity index (χ0) is 22.0. The number of ketones is 1. The van der Waals surface area contributed by atoms with Crippen molar-refractivity contribution in [1.29, 1.82) is 0 Å². The Morgan fingerprint density at radius 2 is 1.81 bits per heavy atom. The molecule has 0 radical (unpaired) electrons. The molecule has 0 unspecified atom stereocenters. The number of rotatable bonds is 7. The number of aromatic nitrogens is 2. The van der Waals surface area contributed by atoms with Crippen LogP contribution in [0.2, 0.25) is 0 Å². The van der Waals surface area contributed by atoms with Gasteiger partial charge in [0.15, 0.2) is 5.78 Å². The van der Waals surface area contributed by atoms with Gasteiger partial charge in [-0.1, -0.05) is 12.1 Å². The van der Waals surface area contributed by atoms with Gasteiger partial charge in [-0.25, -0.2) is 4.79 Å². The van der Waals surface area contributed by atoms with Crippen molar-refractivity contribution >= 4 is 51.4 Å². The summed E-state index contributed by atoms with van der Waals surface area (Å²) >= 11 is 2.54. The number of carboxylic acids is 1. The van der Waals surface area contributed by atoms with Crippen molar-refractivity contribution in [1.82, 2.24) is 8.75 Å². The molecule has 0 aliphatic rings. The van der Waals surface area contributed by atoms with Crippen LogP contribution >= 0.6 is 23.1 Å². The zero-order valence-electron chi connectivity index (χ0n) is 16.8. The first-order chi connectivity index (χ1) is 15.0. The van der Waals surface area contributed by atoms with E-state index in [0.717, 1.165) is 22.2 Å². The molecule has 0 saturated carbocycles. The van der Waals surface area contributed by atoms with Gasteiger partial charge in [0.1, 0.15) is 16.8 Å². The van der Waals surface area contributed by atoms with E-state index >= 15 is 0 Å². The van der Waals surface area contributed by atoms with E-state index in [9.17, 15) is 14.7 Å². The number of thiophene rings is 1. The van der Waals surface area contributed by atoms with Crippen LogP contribution in [0.4, 0.5) is 0 Å². The molecule has 0 fully saturated rings. The molecular weight excluding hydrogens is 432 g/mol. The molecular formula is C23H18N2O4S2. The topological polar surface area (TPSA) is 89.4 Å². The minimum Gasteiger partial charge on any atom is -0.496 e. The maximum absolute atomic E-state index is 13.6. The molecule has 0 aliphatic carbocycles. The summed E-state index contributed by atoms with van der Waals surface area (Å²) in [6, 6.07) is 14.0. The lowest BCUT2D eigenvalue weighted by Gasteiger charge is -2.13. The maximum Gasteiger partial charge on any atom is 0.336 e. The van der Waals surface area contributed by atoms with E-state index in [1.807, 2.05) is 24.4 Å². The minimum atomic E-state index is -1.16. The minimum absolute atomic E-state index is 0.0261. The first-order valence-electron chi connectivity index (χ1n) is 9.38. The van der Waals surface area contributed by atoms with Gasteiger partial charge in [0.2, 0.25) is 0 Å². The van der Waals surface area contributed by atoms with E-state index in [4.69, 9.17) is 4.74 Å². The second kappa shape index (κ2) is 8.79. The van der Waals surface area contributed by atoms with E-state index in [-0.39, 0.29) is 23.4 Å². The summed E-state index contributed by atoms with van der Waals surface area (Å²) < 4.78 is 13.7. The van der Waals surface area contributed by atoms with Gasteiger partial charge in [-0.2, -0.15) is 8.75 Å². The number of aliphatic carboxylic acids is 1. The SMILES string of the molecule is COc1ccc(C(=O)C(Cc2cccs2)=C(C(=O)O)c2ccc3nsnc3c2)cc1C. The predicted octanol–water partition coefficient (Wildman–Crippen LogP) is 5.03. The zero-order valence-corrected chi connectivity index (χ0v) is 18.4. The number of benzene rings is 2. The molecule has 0 bridgehead atoms. The fraction of sp³-hybridized carbons (Fsp3) is 0.130. The van der Waals surface area contributed by atoms with Crippen LogP contribution in [0.3, 0.4) is 0 Å². The third-order valence-corrected chi connectivity index (χ3v) is 6.35. The van der Waals surface area contributed by atoms with Gasteiger partial charge in [0, 0.05) is 22.4 Å². The summed E-state index contributed by atoms with van der Waals surface area (Å²) in [5, 5.41) is 12.0. The van der Waals surface area contributed by atoms with Crippen molar-refractivity contribution in [3.8, 4) is 5.75 Å². The Balaban J connectivity index is 1.90. The number of aryl methyl sites for hydroxylation is 1. The van der Waals surface area contributed by atoms with E-state index in [1.165, 1.54) is 11.3 Å². The van der Waals surface area contributed by atoms with Crippen LogP contribution < -0.4 is 4.74 Å². The van der Waals surface area contributed by atoms with Crippen LogP contribution in [0.1, 0.15) is 26.4 Å². The fourth-order valence-corrected chi connectivity index (χ4v) is 4.66. The molecule has 0 amide bonds. The lowest BCUT2D eigenvalue weighted by molar-refractivity contribution is -0.130. The summed E-state index contributed by atoms with van der Waals surface area (Å²) in [6.45, 7) is 1.85. The first-order valence-corrected chi connectivity index (χ1v) is 11.0. The highest BCUT2D eigenvalue weighted by Crippen LogP contribution is 2.30. The Bertz CT molecular complexity index is 1310. The highest BCUT2D eigenvalue weighted by atomic mass is 32.1. The molecule has 8 heteroatoms. The molecule has 0 aliphatic heterocycles. The number of carboxylic acid groups (broad SMARTS) is 1. The van der Waals surface area contributed by atoms with Crippen LogP contribution in [-0.2, 0) is 11.2 Å². The second-order valence-corrected chi connectivity index (χ2v) is 8.46. The molecule has 6 nitrogen and oxygen atoms in total. The standard InChI is InChI=1S/C23H18N2O4S2/c1-13-10-15(6-8-20(13)29-2)22(26)17(12-16-4-3-9-30-16)21(23(27)28)14-5-7-18-19(11-14)25-31-24-18/h3-11H,12H2,1-2H3,(H,27,28). The summed E-state index contributed by atoms with van der Waals surface area (Å²) in [4.78, 5) is 26.9.